The molecule has 1 heterocycles. The van der Waals surface area contributed by atoms with Gasteiger partial charge in [-0.1, -0.05) is 6.92 Å². The zero-order valence-corrected chi connectivity index (χ0v) is 12.9. The minimum atomic E-state index is -0.256. The Morgan fingerprint density at radius 1 is 1.63 bits per heavy atom. The first-order valence-corrected chi connectivity index (χ1v) is 7.40. The molecular formula is C13H23N3O2S. The summed E-state index contributed by atoms with van der Waals surface area (Å²) in [6, 6.07) is 0.591. The van der Waals surface area contributed by atoms with Crippen molar-refractivity contribution >= 4 is 22.4 Å². The molecule has 1 rings (SSSR count). The molecule has 0 spiro atoms. The second-order valence-corrected chi connectivity index (χ2v) is 5.42. The highest BCUT2D eigenvalue weighted by Crippen LogP contribution is 2.15. The molecule has 0 aromatic carbocycles. The third-order valence-electron chi connectivity index (χ3n) is 3.19. The quantitative estimate of drug-likeness (QED) is 0.740. The number of carbonyl (C=O) groups excluding carboxylic acids is 1. The average molecular weight is 285 g/mol. The first-order valence-electron chi connectivity index (χ1n) is 6.52. The summed E-state index contributed by atoms with van der Waals surface area (Å²) in [4.78, 5) is 17.8. The van der Waals surface area contributed by atoms with Crippen LogP contribution in [0.3, 0.4) is 0 Å². The third-order valence-corrected chi connectivity index (χ3v) is 4.04. The summed E-state index contributed by atoms with van der Waals surface area (Å²) in [6.07, 6.45) is 1.39. The molecule has 0 saturated carbocycles. The number of likely N-dealkylation sites (N-methyl/N-ethyl adjacent to an activating group) is 1. The van der Waals surface area contributed by atoms with Crippen LogP contribution in [0, 0.1) is 0 Å². The summed E-state index contributed by atoms with van der Waals surface area (Å²) in [6.45, 7) is 6.24. The van der Waals surface area contributed by atoms with Crippen LogP contribution in [0.4, 0.5) is 5.13 Å². The summed E-state index contributed by atoms with van der Waals surface area (Å²) < 4.78 is 4.61. The Morgan fingerprint density at radius 3 is 3.00 bits per heavy atom. The van der Waals surface area contributed by atoms with E-state index in [4.69, 9.17) is 0 Å². The van der Waals surface area contributed by atoms with Crippen LogP contribution < -0.4 is 5.32 Å². The first kappa shape index (κ1) is 15.9. The van der Waals surface area contributed by atoms with E-state index in [1.807, 2.05) is 5.38 Å². The van der Waals surface area contributed by atoms with Gasteiger partial charge in [0.05, 0.1) is 19.2 Å². The zero-order chi connectivity index (χ0) is 14.3. The number of thiazole rings is 1. The number of hydrogen-bond donors (Lipinski definition) is 1. The number of ether oxygens (including phenoxy) is 1. The normalized spacial score (nSPS) is 12.5. The molecule has 0 fully saturated rings. The van der Waals surface area contributed by atoms with Gasteiger partial charge in [-0.05, 0) is 20.4 Å². The molecule has 0 bridgehead atoms. The van der Waals surface area contributed by atoms with Crippen molar-refractivity contribution in [3.05, 3.63) is 11.1 Å². The summed E-state index contributed by atoms with van der Waals surface area (Å²) in [5, 5.41) is 6.02. The van der Waals surface area contributed by atoms with Gasteiger partial charge in [0.1, 0.15) is 0 Å². The van der Waals surface area contributed by atoms with Crippen molar-refractivity contribution < 1.29 is 9.53 Å². The smallest absolute Gasteiger partial charge is 0.311 e. The predicted molar refractivity (Wildman–Crippen MR) is 78.7 cm³/mol. The second-order valence-electron chi connectivity index (χ2n) is 4.56. The Hall–Kier alpha value is -1.14. The molecule has 0 radical (unpaired) electrons. The minimum absolute atomic E-state index is 0.238. The lowest BCUT2D eigenvalue weighted by molar-refractivity contribution is -0.139. The van der Waals surface area contributed by atoms with Crippen LogP contribution in [-0.4, -0.2) is 49.1 Å². The van der Waals surface area contributed by atoms with E-state index in [1.165, 1.54) is 18.4 Å². The van der Waals surface area contributed by atoms with E-state index in [0.717, 1.165) is 30.3 Å². The van der Waals surface area contributed by atoms with Crippen LogP contribution in [0.25, 0.3) is 0 Å². The molecule has 0 aliphatic heterocycles. The molecule has 1 atom stereocenters. The fourth-order valence-electron chi connectivity index (χ4n) is 1.56. The van der Waals surface area contributed by atoms with Crippen LogP contribution in [-0.2, 0) is 16.0 Å². The van der Waals surface area contributed by atoms with Gasteiger partial charge in [0.2, 0.25) is 0 Å². The van der Waals surface area contributed by atoms with Gasteiger partial charge in [0.25, 0.3) is 0 Å². The molecule has 6 heteroatoms. The van der Waals surface area contributed by atoms with Crippen molar-refractivity contribution in [3.63, 3.8) is 0 Å². The third kappa shape index (κ3) is 5.57. The predicted octanol–water partition coefficient (Wildman–Crippen LogP) is 2.00. The molecule has 1 aromatic rings. The van der Waals surface area contributed by atoms with Gasteiger partial charge in [-0.3, -0.25) is 4.79 Å². The van der Waals surface area contributed by atoms with E-state index in [2.05, 4.69) is 40.8 Å². The Labute approximate surface area is 119 Å². The van der Waals surface area contributed by atoms with E-state index in [9.17, 15) is 4.79 Å². The highest BCUT2D eigenvalue weighted by molar-refractivity contribution is 7.13. The number of esters is 1. The van der Waals surface area contributed by atoms with Crippen molar-refractivity contribution in [1.29, 1.82) is 0 Å². The Morgan fingerprint density at radius 2 is 2.37 bits per heavy atom. The first-order chi connectivity index (χ1) is 9.06. The van der Waals surface area contributed by atoms with E-state index in [1.54, 1.807) is 0 Å². The number of nitrogens with one attached hydrogen (secondary N) is 1. The number of nitrogens with zero attached hydrogens (tertiary/aromatic N) is 2. The lowest BCUT2D eigenvalue weighted by Gasteiger charge is -2.23. The number of methoxy groups -OCH3 is 1. The van der Waals surface area contributed by atoms with Crippen LogP contribution >= 0.6 is 11.3 Å². The topological polar surface area (TPSA) is 54.5 Å². The SMILES string of the molecule is CCC(C)N(C)CCNc1nc(CC(=O)OC)cs1. The van der Waals surface area contributed by atoms with Crippen LogP contribution in [0.15, 0.2) is 5.38 Å². The number of aromatic nitrogens is 1. The highest BCUT2D eigenvalue weighted by atomic mass is 32.1. The summed E-state index contributed by atoms with van der Waals surface area (Å²) in [7, 11) is 3.51. The molecule has 1 unspecified atom stereocenters. The van der Waals surface area contributed by atoms with Gasteiger partial charge < -0.3 is 15.0 Å². The monoisotopic (exact) mass is 285 g/mol. The standard InChI is InChI=1S/C13H23N3O2S/c1-5-10(2)16(3)7-6-14-13-15-11(9-19-13)8-12(17)18-4/h9-10H,5-8H2,1-4H3,(H,14,15). The van der Waals surface area contributed by atoms with Crippen molar-refractivity contribution in [1.82, 2.24) is 9.88 Å². The molecule has 0 amide bonds. The Bertz CT molecular complexity index is 395. The van der Waals surface area contributed by atoms with Gasteiger partial charge >= 0.3 is 5.97 Å². The van der Waals surface area contributed by atoms with Crippen molar-refractivity contribution in [2.45, 2.75) is 32.7 Å². The number of rotatable bonds is 8. The van der Waals surface area contributed by atoms with E-state index < -0.39 is 0 Å². The van der Waals surface area contributed by atoms with Gasteiger partial charge in [-0.2, -0.15) is 0 Å². The van der Waals surface area contributed by atoms with E-state index in [0.29, 0.717) is 6.04 Å². The van der Waals surface area contributed by atoms with Gasteiger partial charge in [0, 0.05) is 24.5 Å². The Balaban J connectivity index is 2.32. The average Bonchev–Trinajstić information content (AvgIpc) is 2.84. The van der Waals surface area contributed by atoms with Crippen molar-refractivity contribution in [2.24, 2.45) is 0 Å². The van der Waals surface area contributed by atoms with Crippen LogP contribution in [0.1, 0.15) is 26.0 Å². The molecule has 5 nitrogen and oxygen atoms in total. The maximum absolute atomic E-state index is 11.1. The molecule has 19 heavy (non-hydrogen) atoms. The minimum Gasteiger partial charge on any atom is -0.469 e. The molecule has 0 saturated heterocycles. The maximum Gasteiger partial charge on any atom is 0.311 e. The molecular weight excluding hydrogens is 262 g/mol. The fourth-order valence-corrected chi connectivity index (χ4v) is 2.30. The van der Waals surface area contributed by atoms with Gasteiger partial charge in [0.15, 0.2) is 5.13 Å². The largest absolute Gasteiger partial charge is 0.469 e. The second kappa shape index (κ2) is 8.12. The zero-order valence-electron chi connectivity index (χ0n) is 12.1. The van der Waals surface area contributed by atoms with Crippen LogP contribution in [0.5, 0.6) is 0 Å². The molecule has 1 aromatic heterocycles. The number of carbonyl (C=O) groups is 1. The van der Waals surface area contributed by atoms with Crippen molar-refractivity contribution in [3.8, 4) is 0 Å². The number of hydrogen-bond acceptors (Lipinski definition) is 6. The summed E-state index contributed by atoms with van der Waals surface area (Å²) in [5.74, 6) is -0.256. The van der Waals surface area contributed by atoms with Gasteiger partial charge in [-0.25, -0.2) is 4.98 Å². The highest BCUT2D eigenvalue weighted by Gasteiger charge is 2.08. The molecule has 108 valence electrons. The molecule has 1 N–H and O–H groups in total. The maximum atomic E-state index is 11.1. The molecule has 0 aliphatic rings. The lowest BCUT2D eigenvalue weighted by atomic mass is 10.2. The van der Waals surface area contributed by atoms with E-state index >= 15 is 0 Å². The van der Waals surface area contributed by atoms with Crippen molar-refractivity contribution in [2.75, 3.05) is 32.6 Å². The lowest BCUT2D eigenvalue weighted by Crippen LogP contribution is -2.32. The molecule has 0 aliphatic carbocycles. The number of anilines is 1. The van der Waals surface area contributed by atoms with Gasteiger partial charge in [-0.15, -0.1) is 11.3 Å². The summed E-state index contributed by atoms with van der Waals surface area (Å²) in [5.41, 5.74) is 0.759. The summed E-state index contributed by atoms with van der Waals surface area (Å²) >= 11 is 1.52. The van der Waals surface area contributed by atoms with Crippen LogP contribution in [0.2, 0.25) is 0 Å². The van der Waals surface area contributed by atoms with E-state index in [-0.39, 0.29) is 12.4 Å². The fraction of sp³-hybridized carbons (Fsp3) is 0.692. The Kier molecular flexibility index (Phi) is 6.80.